The van der Waals surface area contributed by atoms with Crippen LogP contribution in [0.2, 0.25) is 5.02 Å². The lowest BCUT2D eigenvalue weighted by Gasteiger charge is -2.17. The number of rotatable bonds is 5. The number of anilines is 1. The molecule has 0 unspecified atom stereocenters. The molecule has 0 fully saturated rings. The van der Waals surface area contributed by atoms with Crippen LogP contribution in [0, 0.1) is 5.82 Å². The molecular weight excluding hydrogens is 421 g/mol. The molecule has 2 aromatic carbocycles. The molecular formula is C19H14ClF3N6O. The zero-order valence-electron chi connectivity index (χ0n) is 15.4. The van der Waals surface area contributed by atoms with Gasteiger partial charge in [0.05, 0.1) is 10.9 Å². The maximum atomic E-state index is 15.1. The molecule has 1 atom stereocenters. The van der Waals surface area contributed by atoms with E-state index in [-0.39, 0.29) is 33.9 Å². The predicted molar refractivity (Wildman–Crippen MR) is 105 cm³/mol. The summed E-state index contributed by atoms with van der Waals surface area (Å²) in [5.41, 5.74) is 6.93. The fourth-order valence-corrected chi connectivity index (χ4v) is 3.22. The lowest BCUT2D eigenvalue weighted by Crippen LogP contribution is -2.09. The first-order valence-electron chi connectivity index (χ1n) is 8.69. The van der Waals surface area contributed by atoms with E-state index < -0.39 is 18.5 Å². The van der Waals surface area contributed by atoms with Gasteiger partial charge in [0.1, 0.15) is 30.0 Å². The SMILES string of the molecule is C[C@@H](Oc1cc(F)c(-c2cccc(Cl)c2)c2ncnc(N)c12)c1ncn(C(F)F)n1. The van der Waals surface area contributed by atoms with Crippen molar-refractivity contribution in [2.24, 2.45) is 0 Å². The van der Waals surface area contributed by atoms with Crippen molar-refractivity contribution in [2.45, 2.75) is 19.6 Å². The highest BCUT2D eigenvalue weighted by atomic mass is 35.5. The van der Waals surface area contributed by atoms with Crippen molar-refractivity contribution in [1.82, 2.24) is 24.7 Å². The molecule has 11 heteroatoms. The minimum atomic E-state index is -2.84. The zero-order chi connectivity index (χ0) is 21.4. The summed E-state index contributed by atoms with van der Waals surface area (Å²) in [5.74, 6) is -0.529. The van der Waals surface area contributed by atoms with Crippen molar-refractivity contribution >= 4 is 28.3 Å². The lowest BCUT2D eigenvalue weighted by atomic mass is 10.0. The van der Waals surface area contributed by atoms with E-state index in [0.29, 0.717) is 15.3 Å². The van der Waals surface area contributed by atoms with Gasteiger partial charge in [0.25, 0.3) is 0 Å². The number of halogens is 4. The average Bonchev–Trinajstić information content (AvgIpc) is 3.18. The first-order chi connectivity index (χ1) is 14.3. The Morgan fingerprint density at radius 1 is 1.17 bits per heavy atom. The lowest BCUT2D eigenvalue weighted by molar-refractivity contribution is 0.0550. The maximum Gasteiger partial charge on any atom is 0.334 e. The molecule has 4 rings (SSSR count). The highest BCUT2D eigenvalue weighted by molar-refractivity contribution is 6.30. The van der Waals surface area contributed by atoms with E-state index in [1.54, 1.807) is 31.2 Å². The van der Waals surface area contributed by atoms with E-state index in [4.69, 9.17) is 22.1 Å². The van der Waals surface area contributed by atoms with Crippen molar-refractivity contribution < 1.29 is 17.9 Å². The summed E-state index contributed by atoms with van der Waals surface area (Å²) in [6.45, 7) is -1.29. The molecule has 0 amide bonds. The molecule has 154 valence electrons. The number of hydrogen-bond acceptors (Lipinski definition) is 6. The first kappa shape index (κ1) is 19.9. The van der Waals surface area contributed by atoms with Crippen LogP contribution in [0.5, 0.6) is 5.75 Å². The molecule has 0 radical (unpaired) electrons. The van der Waals surface area contributed by atoms with Crippen LogP contribution in [-0.4, -0.2) is 24.7 Å². The molecule has 30 heavy (non-hydrogen) atoms. The second-order valence-electron chi connectivity index (χ2n) is 6.34. The van der Waals surface area contributed by atoms with Crippen LogP contribution in [0.15, 0.2) is 43.0 Å². The second-order valence-corrected chi connectivity index (χ2v) is 6.78. The molecule has 0 bridgehead atoms. The predicted octanol–water partition coefficient (Wildman–Crippen LogP) is 4.80. The van der Waals surface area contributed by atoms with E-state index >= 15 is 4.39 Å². The number of aromatic nitrogens is 5. The van der Waals surface area contributed by atoms with Crippen LogP contribution in [0.1, 0.15) is 25.4 Å². The summed E-state index contributed by atoms with van der Waals surface area (Å²) >= 11 is 6.05. The van der Waals surface area contributed by atoms with Crippen LogP contribution >= 0.6 is 11.6 Å². The molecule has 0 aliphatic heterocycles. The summed E-state index contributed by atoms with van der Waals surface area (Å²) in [4.78, 5) is 12.0. The first-order valence-corrected chi connectivity index (χ1v) is 9.07. The minimum Gasteiger partial charge on any atom is -0.482 e. The number of fused-ring (bicyclic) bond motifs is 1. The fraction of sp³-hybridized carbons (Fsp3) is 0.158. The molecule has 0 saturated carbocycles. The van der Waals surface area contributed by atoms with E-state index in [0.717, 1.165) is 12.4 Å². The Balaban J connectivity index is 1.82. The number of nitrogen functional groups attached to an aromatic ring is 1. The average molecular weight is 435 g/mol. The van der Waals surface area contributed by atoms with E-state index in [2.05, 4.69) is 20.1 Å². The number of nitrogens with two attached hydrogens (primary N) is 1. The Bertz CT molecular complexity index is 1230. The van der Waals surface area contributed by atoms with Gasteiger partial charge in [-0.25, -0.2) is 19.3 Å². The standard InChI is InChI=1S/C19H14ClF3N6O/c1-9(18-27-8-29(28-18)19(22)23)30-13-6-12(21)14(10-3-2-4-11(20)5-10)16-15(13)17(24)26-7-25-16/h2-9,19H,1H3,(H2,24,25,26)/t9-/m1/s1. The highest BCUT2D eigenvalue weighted by Gasteiger charge is 2.22. The van der Waals surface area contributed by atoms with Gasteiger partial charge in [-0.1, -0.05) is 23.7 Å². The van der Waals surface area contributed by atoms with Crippen LogP contribution in [0.25, 0.3) is 22.0 Å². The Morgan fingerprint density at radius 3 is 2.67 bits per heavy atom. The number of hydrogen-bond donors (Lipinski definition) is 1. The number of benzene rings is 2. The molecule has 0 saturated heterocycles. The molecule has 0 aliphatic carbocycles. The number of ether oxygens (including phenoxy) is 1. The fourth-order valence-electron chi connectivity index (χ4n) is 3.03. The Kier molecular flexibility index (Phi) is 5.17. The topological polar surface area (TPSA) is 91.7 Å². The zero-order valence-corrected chi connectivity index (χ0v) is 16.2. The van der Waals surface area contributed by atoms with Gasteiger partial charge in [0.15, 0.2) is 11.9 Å². The normalized spacial score (nSPS) is 12.5. The molecule has 2 heterocycles. The van der Waals surface area contributed by atoms with Crippen LogP contribution in [0.3, 0.4) is 0 Å². The van der Waals surface area contributed by atoms with Gasteiger partial charge in [0.2, 0.25) is 0 Å². The summed E-state index contributed by atoms with van der Waals surface area (Å²) < 4.78 is 46.8. The van der Waals surface area contributed by atoms with Crippen molar-refractivity contribution in [1.29, 1.82) is 0 Å². The Labute approximate surface area is 173 Å². The highest BCUT2D eigenvalue weighted by Crippen LogP contribution is 2.39. The van der Waals surface area contributed by atoms with Gasteiger partial charge in [0, 0.05) is 16.7 Å². The van der Waals surface area contributed by atoms with Gasteiger partial charge in [-0.15, -0.1) is 5.10 Å². The molecule has 2 N–H and O–H groups in total. The summed E-state index contributed by atoms with van der Waals surface area (Å²) in [6, 6.07) is 7.77. The third-order valence-electron chi connectivity index (χ3n) is 4.36. The van der Waals surface area contributed by atoms with Crippen molar-refractivity contribution in [3.05, 3.63) is 59.7 Å². The number of alkyl halides is 2. The van der Waals surface area contributed by atoms with Gasteiger partial charge < -0.3 is 10.5 Å². The number of nitrogens with zero attached hydrogens (tertiary/aromatic N) is 5. The summed E-state index contributed by atoms with van der Waals surface area (Å²) in [7, 11) is 0. The summed E-state index contributed by atoms with van der Waals surface area (Å²) in [5, 5.41) is 4.37. The Hall–Kier alpha value is -3.40. The van der Waals surface area contributed by atoms with Crippen LogP contribution in [-0.2, 0) is 0 Å². The monoisotopic (exact) mass is 434 g/mol. The van der Waals surface area contributed by atoms with Crippen molar-refractivity contribution in [2.75, 3.05) is 5.73 Å². The van der Waals surface area contributed by atoms with E-state index in [1.165, 1.54) is 6.33 Å². The van der Waals surface area contributed by atoms with Crippen molar-refractivity contribution in [3.8, 4) is 16.9 Å². The molecule has 7 nitrogen and oxygen atoms in total. The quantitative estimate of drug-likeness (QED) is 0.485. The van der Waals surface area contributed by atoms with Crippen LogP contribution < -0.4 is 10.5 Å². The van der Waals surface area contributed by atoms with E-state index in [1.807, 2.05) is 0 Å². The largest absolute Gasteiger partial charge is 0.482 e. The van der Waals surface area contributed by atoms with Crippen LogP contribution in [0.4, 0.5) is 19.0 Å². The summed E-state index contributed by atoms with van der Waals surface area (Å²) in [6.07, 6.45) is 1.23. The Morgan fingerprint density at radius 2 is 1.97 bits per heavy atom. The molecule has 0 aliphatic rings. The molecule has 0 spiro atoms. The van der Waals surface area contributed by atoms with Gasteiger partial charge >= 0.3 is 6.55 Å². The van der Waals surface area contributed by atoms with Gasteiger partial charge in [-0.05, 0) is 24.6 Å². The van der Waals surface area contributed by atoms with Crippen molar-refractivity contribution in [3.63, 3.8) is 0 Å². The molecule has 4 aromatic rings. The van der Waals surface area contributed by atoms with Gasteiger partial charge in [-0.2, -0.15) is 13.5 Å². The third kappa shape index (κ3) is 3.61. The second kappa shape index (κ2) is 7.79. The minimum absolute atomic E-state index is 0.00167. The third-order valence-corrected chi connectivity index (χ3v) is 4.60. The smallest absolute Gasteiger partial charge is 0.334 e. The van der Waals surface area contributed by atoms with E-state index in [9.17, 15) is 8.78 Å². The maximum absolute atomic E-state index is 15.1. The van der Waals surface area contributed by atoms with Gasteiger partial charge in [-0.3, -0.25) is 0 Å². The molecule has 2 aromatic heterocycles.